The van der Waals surface area contributed by atoms with Crippen LogP contribution in [0.4, 0.5) is 0 Å². The first kappa shape index (κ1) is 19.1. The van der Waals surface area contributed by atoms with Gasteiger partial charge in [0, 0.05) is 55.7 Å². The minimum atomic E-state index is 0.263. The molecule has 3 aliphatic rings. The maximum atomic E-state index is 13.3. The third-order valence-electron chi connectivity index (χ3n) is 7.03. The summed E-state index contributed by atoms with van der Waals surface area (Å²) in [5, 5.41) is 0. The monoisotopic (exact) mass is 395 g/mol. The number of pyridine rings is 1. The maximum Gasteiger partial charge on any atom is 0.255 e. The van der Waals surface area contributed by atoms with E-state index in [1.807, 2.05) is 12.4 Å². The molecule has 29 heavy (non-hydrogen) atoms. The number of fused-ring (bicyclic) bond motifs is 4. The van der Waals surface area contributed by atoms with Crippen LogP contribution in [0.1, 0.15) is 61.5 Å². The Bertz CT molecular complexity index is 866. The van der Waals surface area contributed by atoms with Gasteiger partial charge in [-0.15, -0.1) is 0 Å². The van der Waals surface area contributed by atoms with Gasteiger partial charge in [0.2, 0.25) is 0 Å². The zero-order valence-corrected chi connectivity index (χ0v) is 17.4. The second-order valence-corrected chi connectivity index (χ2v) is 9.27. The first-order valence-electron chi connectivity index (χ1n) is 11.4. The molecule has 2 atom stereocenters. The van der Waals surface area contributed by atoms with E-state index in [0.717, 1.165) is 57.2 Å². The number of hydrogen-bond donors (Lipinski definition) is 1. The molecule has 2 aromatic rings. The van der Waals surface area contributed by atoms with Crippen molar-refractivity contribution in [2.45, 2.75) is 64.1 Å². The molecule has 0 saturated carbocycles. The summed E-state index contributed by atoms with van der Waals surface area (Å²) in [6, 6.07) is 4.37. The first-order chi connectivity index (χ1) is 14.3. The van der Waals surface area contributed by atoms with Gasteiger partial charge in [-0.05, 0) is 44.3 Å². The molecule has 0 aliphatic carbocycles. The summed E-state index contributed by atoms with van der Waals surface area (Å²) in [7, 11) is 0. The molecule has 1 N–H and O–H groups in total. The highest BCUT2D eigenvalue weighted by Gasteiger charge is 2.35. The Morgan fingerprint density at radius 2 is 1.79 bits per heavy atom. The molecule has 0 spiro atoms. The maximum absolute atomic E-state index is 13.3. The molecule has 6 heteroatoms. The average Bonchev–Trinajstić information content (AvgIpc) is 3.19. The van der Waals surface area contributed by atoms with E-state index in [9.17, 15) is 4.79 Å². The zero-order chi connectivity index (χ0) is 19.6. The van der Waals surface area contributed by atoms with E-state index in [-0.39, 0.29) is 5.56 Å². The quantitative estimate of drug-likeness (QED) is 0.865. The fourth-order valence-electron chi connectivity index (χ4n) is 5.65. The van der Waals surface area contributed by atoms with E-state index in [4.69, 9.17) is 0 Å². The highest BCUT2D eigenvalue weighted by atomic mass is 16.1. The molecular formula is C23H33N5O. The van der Waals surface area contributed by atoms with E-state index in [0.29, 0.717) is 11.8 Å². The van der Waals surface area contributed by atoms with Gasteiger partial charge in [0.05, 0.1) is 6.54 Å². The van der Waals surface area contributed by atoms with E-state index >= 15 is 0 Å². The lowest BCUT2D eigenvalue weighted by Gasteiger charge is -2.42. The predicted molar refractivity (Wildman–Crippen MR) is 114 cm³/mol. The summed E-state index contributed by atoms with van der Waals surface area (Å²) in [5.41, 5.74) is 2.49. The highest BCUT2D eigenvalue weighted by Crippen LogP contribution is 2.35. The summed E-state index contributed by atoms with van der Waals surface area (Å²) >= 11 is 0. The number of H-pyrrole nitrogens is 1. The van der Waals surface area contributed by atoms with E-state index < -0.39 is 0 Å². The Kier molecular flexibility index (Phi) is 5.55. The largest absolute Gasteiger partial charge is 0.348 e. The number of hydrogen-bond acceptors (Lipinski definition) is 4. The van der Waals surface area contributed by atoms with Crippen molar-refractivity contribution in [2.24, 2.45) is 5.92 Å². The van der Waals surface area contributed by atoms with Gasteiger partial charge in [-0.25, -0.2) is 4.98 Å². The zero-order valence-electron chi connectivity index (χ0n) is 17.4. The molecule has 0 radical (unpaired) electrons. The Morgan fingerprint density at radius 3 is 2.59 bits per heavy atom. The van der Waals surface area contributed by atoms with Crippen LogP contribution in [0.3, 0.4) is 0 Å². The van der Waals surface area contributed by atoms with Crippen molar-refractivity contribution in [3.05, 3.63) is 52.0 Å². The lowest BCUT2D eigenvalue weighted by Crippen LogP contribution is -2.47. The molecule has 2 fully saturated rings. The number of aromatic amines is 1. The molecule has 0 aromatic carbocycles. The van der Waals surface area contributed by atoms with Crippen molar-refractivity contribution in [2.75, 3.05) is 26.2 Å². The Morgan fingerprint density at radius 1 is 0.966 bits per heavy atom. The Hall–Kier alpha value is -1.92. The number of nitrogens with zero attached hydrogens (tertiary/aromatic N) is 4. The standard InChI is InChI=1S/C23H33N5O/c29-23-19(15-26-10-4-2-1-3-5-11-26)6-7-21-20-12-18(14-28(21)23)13-27(16-20)17-22-24-8-9-25-22/h6-9,18,20H,1-5,10-17H2,(H,24,25)/t18-,20+/m0/s1. The van der Waals surface area contributed by atoms with Crippen molar-refractivity contribution >= 4 is 0 Å². The molecule has 6 nitrogen and oxygen atoms in total. The van der Waals surface area contributed by atoms with Crippen molar-refractivity contribution in [3.63, 3.8) is 0 Å². The van der Waals surface area contributed by atoms with Gasteiger partial charge < -0.3 is 9.55 Å². The number of imidazole rings is 1. The summed E-state index contributed by atoms with van der Waals surface area (Å²) in [6.07, 6.45) is 11.5. The molecular weight excluding hydrogens is 362 g/mol. The van der Waals surface area contributed by atoms with Crippen molar-refractivity contribution < 1.29 is 0 Å². The minimum Gasteiger partial charge on any atom is -0.348 e. The second kappa shape index (κ2) is 8.44. The van der Waals surface area contributed by atoms with Crippen LogP contribution in [0.5, 0.6) is 0 Å². The Labute approximate surface area is 172 Å². The van der Waals surface area contributed by atoms with Crippen LogP contribution in [0.25, 0.3) is 0 Å². The molecule has 5 rings (SSSR count). The highest BCUT2D eigenvalue weighted by molar-refractivity contribution is 5.22. The SMILES string of the molecule is O=c1c(CN2CCCCCCC2)ccc2n1C[C@H]1C[C@@H]2CN(Cc2ncc[nH]2)C1. The van der Waals surface area contributed by atoms with E-state index in [1.54, 1.807) is 0 Å². The summed E-state index contributed by atoms with van der Waals surface area (Å²) in [6.45, 7) is 6.90. The van der Waals surface area contributed by atoms with Crippen LogP contribution >= 0.6 is 0 Å². The fourth-order valence-corrected chi connectivity index (χ4v) is 5.65. The lowest BCUT2D eigenvalue weighted by atomic mass is 9.83. The molecule has 2 bridgehead atoms. The van der Waals surface area contributed by atoms with Gasteiger partial charge >= 0.3 is 0 Å². The average molecular weight is 396 g/mol. The van der Waals surface area contributed by atoms with Crippen molar-refractivity contribution in [3.8, 4) is 0 Å². The van der Waals surface area contributed by atoms with Gasteiger partial charge in [0.25, 0.3) is 5.56 Å². The van der Waals surface area contributed by atoms with E-state index in [2.05, 4.69) is 36.5 Å². The molecule has 5 heterocycles. The molecule has 3 aliphatic heterocycles. The number of rotatable bonds is 4. The van der Waals surface area contributed by atoms with Crippen LogP contribution in [-0.2, 0) is 19.6 Å². The fraction of sp³-hybridized carbons (Fsp3) is 0.652. The van der Waals surface area contributed by atoms with Crippen molar-refractivity contribution in [1.29, 1.82) is 0 Å². The summed E-state index contributed by atoms with van der Waals surface area (Å²) in [4.78, 5) is 25.9. The van der Waals surface area contributed by atoms with Crippen LogP contribution in [-0.4, -0.2) is 50.5 Å². The summed E-state index contributed by atoms with van der Waals surface area (Å²) in [5.74, 6) is 2.05. The van der Waals surface area contributed by atoms with Crippen LogP contribution in [0.15, 0.2) is 29.3 Å². The lowest BCUT2D eigenvalue weighted by molar-refractivity contribution is 0.112. The van der Waals surface area contributed by atoms with Gasteiger partial charge in [-0.3, -0.25) is 14.6 Å². The number of nitrogens with one attached hydrogen (secondary N) is 1. The molecule has 2 aromatic heterocycles. The second-order valence-electron chi connectivity index (χ2n) is 9.27. The number of likely N-dealkylation sites (tertiary alicyclic amines) is 2. The molecule has 0 unspecified atom stereocenters. The number of piperidine rings is 1. The van der Waals surface area contributed by atoms with Gasteiger partial charge in [-0.2, -0.15) is 0 Å². The van der Waals surface area contributed by atoms with Crippen LogP contribution in [0, 0.1) is 5.92 Å². The predicted octanol–water partition coefficient (Wildman–Crippen LogP) is 2.96. The number of aromatic nitrogens is 3. The molecule has 0 amide bonds. The third-order valence-corrected chi connectivity index (χ3v) is 7.03. The summed E-state index contributed by atoms with van der Waals surface area (Å²) < 4.78 is 2.11. The van der Waals surface area contributed by atoms with Crippen LogP contribution < -0.4 is 5.56 Å². The molecule has 156 valence electrons. The van der Waals surface area contributed by atoms with Gasteiger partial charge in [0.15, 0.2) is 0 Å². The van der Waals surface area contributed by atoms with Gasteiger partial charge in [0.1, 0.15) is 5.82 Å². The third kappa shape index (κ3) is 4.19. The van der Waals surface area contributed by atoms with E-state index in [1.165, 1.54) is 44.2 Å². The van der Waals surface area contributed by atoms with Crippen LogP contribution in [0.2, 0.25) is 0 Å². The minimum absolute atomic E-state index is 0.263. The first-order valence-corrected chi connectivity index (χ1v) is 11.4. The van der Waals surface area contributed by atoms with Gasteiger partial charge in [-0.1, -0.05) is 25.3 Å². The topological polar surface area (TPSA) is 57.2 Å². The smallest absolute Gasteiger partial charge is 0.255 e. The normalized spacial score (nSPS) is 25.9. The molecule has 2 saturated heterocycles. The van der Waals surface area contributed by atoms with Crippen molar-refractivity contribution in [1.82, 2.24) is 24.3 Å². The Balaban J connectivity index is 1.32.